The van der Waals surface area contributed by atoms with Crippen LogP contribution < -0.4 is 0 Å². The molecule has 98 valence electrons. The second-order valence-corrected chi connectivity index (χ2v) is 7.26. The molecular weight excluding hydrogens is 284 g/mol. The highest BCUT2D eigenvalue weighted by molar-refractivity contribution is 9.09. The van der Waals surface area contributed by atoms with E-state index in [1.165, 1.54) is 51.4 Å². The summed E-state index contributed by atoms with van der Waals surface area (Å²) < 4.78 is 0. The fourth-order valence-electron chi connectivity index (χ4n) is 3.89. The largest absolute Gasteiger partial charge is 0.0888 e. The summed E-state index contributed by atoms with van der Waals surface area (Å²) in [5.74, 6) is 1.74. The quantitative estimate of drug-likeness (QED) is 0.637. The summed E-state index contributed by atoms with van der Waals surface area (Å²) in [5.41, 5.74) is 3.28. The predicted molar refractivity (Wildman–Crippen MR) is 81.4 cm³/mol. The van der Waals surface area contributed by atoms with Crippen LogP contribution in [0.3, 0.4) is 0 Å². The van der Waals surface area contributed by atoms with Crippen LogP contribution in [0, 0.1) is 5.92 Å². The van der Waals surface area contributed by atoms with Gasteiger partial charge in [0, 0.05) is 4.83 Å². The molecule has 0 bridgehead atoms. The first kappa shape index (κ1) is 12.7. The standard InChI is InChI=1S/C17H23Br/c18-17-11-4-2-7-15(17)12-14-9-5-8-13-6-1-3-10-16(13)14/h1,3,6,10,14-15,17H,2,4-5,7-9,11-12H2. The van der Waals surface area contributed by atoms with Crippen LogP contribution in [0.5, 0.6) is 0 Å². The van der Waals surface area contributed by atoms with E-state index in [1.807, 2.05) is 0 Å². The van der Waals surface area contributed by atoms with Crippen LogP contribution in [0.25, 0.3) is 0 Å². The summed E-state index contributed by atoms with van der Waals surface area (Å²) in [6.45, 7) is 0. The number of aryl methyl sites for hydroxylation is 1. The molecule has 2 aliphatic rings. The topological polar surface area (TPSA) is 0 Å². The van der Waals surface area contributed by atoms with Gasteiger partial charge in [-0.3, -0.25) is 0 Å². The SMILES string of the molecule is BrC1CCCCC1CC1CCCc2ccccc21. The van der Waals surface area contributed by atoms with E-state index in [1.54, 1.807) is 11.1 Å². The van der Waals surface area contributed by atoms with Crippen molar-refractivity contribution in [2.45, 2.75) is 62.1 Å². The summed E-state index contributed by atoms with van der Waals surface area (Å²) in [6.07, 6.45) is 11.2. The summed E-state index contributed by atoms with van der Waals surface area (Å²) in [7, 11) is 0. The smallest absolute Gasteiger partial charge is 0.0174 e. The second kappa shape index (κ2) is 5.77. The number of alkyl halides is 1. The molecule has 0 spiro atoms. The van der Waals surface area contributed by atoms with Crippen molar-refractivity contribution in [3.05, 3.63) is 35.4 Å². The molecular formula is C17H23Br. The molecule has 3 atom stereocenters. The monoisotopic (exact) mass is 306 g/mol. The third-order valence-electron chi connectivity index (χ3n) is 4.90. The van der Waals surface area contributed by atoms with Gasteiger partial charge in [0.05, 0.1) is 0 Å². The van der Waals surface area contributed by atoms with Gasteiger partial charge in [0.1, 0.15) is 0 Å². The molecule has 1 aromatic rings. The van der Waals surface area contributed by atoms with Gasteiger partial charge in [0.25, 0.3) is 0 Å². The van der Waals surface area contributed by atoms with E-state index < -0.39 is 0 Å². The third kappa shape index (κ3) is 2.66. The van der Waals surface area contributed by atoms with Crippen molar-refractivity contribution in [2.75, 3.05) is 0 Å². The molecule has 0 aromatic heterocycles. The van der Waals surface area contributed by atoms with Gasteiger partial charge in [-0.2, -0.15) is 0 Å². The Morgan fingerprint density at radius 3 is 2.72 bits per heavy atom. The molecule has 0 saturated heterocycles. The van der Waals surface area contributed by atoms with Crippen molar-refractivity contribution in [3.63, 3.8) is 0 Å². The van der Waals surface area contributed by atoms with Crippen LogP contribution in [0.4, 0.5) is 0 Å². The van der Waals surface area contributed by atoms with Crippen molar-refractivity contribution in [1.29, 1.82) is 0 Å². The number of halogens is 1. The Bertz CT molecular complexity index is 398. The zero-order valence-electron chi connectivity index (χ0n) is 11.1. The first-order valence-electron chi connectivity index (χ1n) is 7.56. The molecule has 0 radical (unpaired) electrons. The molecule has 18 heavy (non-hydrogen) atoms. The molecule has 0 aliphatic heterocycles. The van der Waals surface area contributed by atoms with E-state index in [2.05, 4.69) is 40.2 Å². The van der Waals surface area contributed by atoms with E-state index in [9.17, 15) is 0 Å². The lowest BCUT2D eigenvalue weighted by Crippen LogP contribution is -2.23. The third-order valence-corrected chi connectivity index (χ3v) is 6.10. The van der Waals surface area contributed by atoms with E-state index in [0.29, 0.717) is 0 Å². The molecule has 0 heterocycles. The van der Waals surface area contributed by atoms with Crippen molar-refractivity contribution in [1.82, 2.24) is 0 Å². The first-order valence-corrected chi connectivity index (χ1v) is 8.48. The number of benzene rings is 1. The maximum absolute atomic E-state index is 3.92. The fraction of sp³-hybridized carbons (Fsp3) is 0.647. The Kier molecular flexibility index (Phi) is 4.08. The lowest BCUT2D eigenvalue weighted by atomic mass is 9.75. The molecule has 1 heteroatoms. The Morgan fingerprint density at radius 2 is 1.83 bits per heavy atom. The number of hydrogen-bond donors (Lipinski definition) is 0. The van der Waals surface area contributed by atoms with Gasteiger partial charge in [-0.15, -0.1) is 0 Å². The van der Waals surface area contributed by atoms with Crippen LogP contribution in [0.15, 0.2) is 24.3 Å². The van der Waals surface area contributed by atoms with E-state index in [4.69, 9.17) is 0 Å². The molecule has 3 unspecified atom stereocenters. The van der Waals surface area contributed by atoms with Gasteiger partial charge in [-0.05, 0) is 61.5 Å². The maximum Gasteiger partial charge on any atom is 0.0174 e. The van der Waals surface area contributed by atoms with Crippen molar-refractivity contribution < 1.29 is 0 Å². The highest BCUT2D eigenvalue weighted by Crippen LogP contribution is 2.41. The molecule has 1 aromatic carbocycles. The number of fused-ring (bicyclic) bond motifs is 1. The minimum absolute atomic E-state index is 0.778. The Morgan fingerprint density at radius 1 is 1.00 bits per heavy atom. The van der Waals surface area contributed by atoms with Crippen LogP contribution in [0.2, 0.25) is 0 Å². The van der Waals surface area contributed by atoms with Gasteiger partial charge in [-0.1, -0.05) is 53.0 Å². The Hall–Kier alpha value is -0.300. The zero-order valence-corrected chi connectivity index (χ0v) is 12.7. The average molecular weight is 307 g/mol. The fourth-order valence-corrected chi connectivity index (χ4v) is 4.70. The summed E-state index contributed by atoms with van der Waals surface area (Å²) >= 11 is 3.92. The molecule has 0 N–H and O–H groups in total. The molecule has 2 aliphatic carbocycles. The first-order chi connectivity index (χ1) is 8.84. The molecule has 3 rings (SSSR count). The second-order valence-electron chi connectivity index (χ2n) is 6.08. The highest BCUT2D eigenvalue weighted by Gasteiger charge is 2.28. The van der Waals surface area contributed by atoms with Crippen LogP contribution in [0.1, 0.15) is 62.0 Å². The number of hydrogen-bond acceptors (Lipinski definition) is 0. The summed E-state index contributed by atoms with van der Waals surface area (Å²) in [5, 5.41) is 0. The van der Waals surface area contributed by atoms with E-state index in [0.717, 1.165) is 16.7 Å². The van der Waals surface area contributed by atoms with Crippen molar-refractivity contribution >= 4 is 15.9 Å². The lowest BCUT2D eigenvalue weighted by molar-refractivity contribution is 0.319. The van der Waals surface area contributed by atoms with Crippen molar-refractivity contribution in [3.8, 4) is 0 Å². The summed E-state index contributed by atoms with van der Waals surface area (Å²) in [6, 6.07) is 9.15. The minimum Gasteiger partial charge on any atom is -0.0888 e. The average Bonchev–Trinajstić information content (AvgIpc) is 2.42. The maximum atomic E-state index is 3.92. The zero-order chi connectivity index (χ0) is 12.4. The van der Waals surface area contributed by atoms with Gasteiger partial charge in [0.2, 0.25) is 0 Å². The Labute approximate surface area is 119 Å². The minimum atomic E-state index is 0.778. The van der Waals surface area contributed by atoms with Gasteiger partial charge in [-0.25, -0.2) is 0 Å². The molecule has 1 saturated carbocycles. The number of rotatable bonds is 2. The lowest BCUT2D eigenvalue weighted by Gasteiger charge is -2.33. The predicted octanol–water partition coefficient (Wildman–Crippen LogP) is 5.45. The van der Waals surface area contributed by atoms with Crippen molar-refractivity contribution in [2.24, 2.45) is 5.92 Å². The summed E-state index contributed by atoms with van der Waals surface area (Å²) in [4.78, 5) is 0.778. The molecule has 0 amide bonds. The molecule has 1 fully saturated rings. The van der Waals surface area contributed by atoms with Gasteiger partial charge < -0.3 is 0 Å². The van der Waals surface area contributed by atoms with E-state index in [-0.39, 0.29) is 0 Å². The van der Waals surface area contributed by atoms with E-state index >= 15 is 0 Å². The Balaban J connectivity index is 1.73. The van der Waals surface area contributed by atoms with Crippen LogP contribution in [-0.2, 0) is 6.42 Å². The highest BCUT2D eigenvalue weighted by atomic mass is 79.9. The van der Waals surface area contributed by atoms with Gasteiger partial charge >= 0.3 is 0 Å². The van der Waals surface area contributed by atoms with Gasteiger partial charge in [0.15, 0.2) is 0 Å². The van der Waals surface area contributed by atoms with Crippen LogP contribution in [-0.4, -0.2) is 4.83 Å². The van der Waals surface area contributed by atoms with Crippen LogP contribution >= 0.6 is 15.9 Å². The molecule has 0 nitrogen and oxygen atoms in total. The normalized spacial score (nSPS) is 31.9.